The van der Waals surface area contributed by atoms with Gasteiger partial charge in [0, 0.05) is 92.0 Å². The number of ether oxygens (including phenoxy) is 4. The number of aryl methyl sites for hydroxylation is 3. The van der Waals surface area contributed by atoms with Gasteiger partial charge in [-0.25, -0.2) is 4.98 Å². The molecule has 80 heavy (non-hydrogen) atoms. The first kappa shape index (κ1) is 57.3. The van der Waals surface area contributed by atoms with Gasteiger partial charge in [0.05, 0.1) is 35.4 Å². The van der Waals surface area contributed by atoms with E-state index in [0.29, 0.717) is 60.1 Å². The highest BCUT2D eigenvalue weighted by molar-refractivity contribution is 7.13. The van der Waals surface area contributed by atoms with Crippen molar-refractivity contribution in [2.45, 2.75) is 112 Å². The number of rotatable bonds is 22. The second-order valence-electron chi connectivity index (χ2n) is 21.2. The van der Waals surface area contributed by atoms with Crippen molar-refractivity contribution in [2.24, 2.45) is 5.92 Å². The molecule has 422 valence electrons. The van der Waals surface area contributed by atoms with Crippen LogP contribution in [-0.4, -0.2) is 125 Å². The normalized spacial score (nSPS) is 16.7. The van der Waals surface area contributed by atoms with Gasteiger partial charge >= 0.3 is 0 Å². The Labute approximate surface area is 471 Å². The number of pyridine rings is 1. The Balaban J connectivity index is 0.810. The Hall–Kier alpha value is -7.38. The zero-order valence-electron chi connectivity index (χ0n) is 46.8. The summed E-state index contributed by atoms with van der Waals surface area (Å²) in [7, 11) is 0. The number of benzene rings is 4. The number of nitrogens with zero attached hydrogens (tertiary/aromatic N) is 4. The van der Waals surface area contributed by atoms with Gasteiger partial charge in [-0.15, -0.1) is 11.3 Å². The number of fused-ring (bicyclic) bond motifs is 1. The van der Waals surface area contributed by atoms with Gasteiger partial charge in [0.25, 0.3) is 17.4 Å². The summed E-state index contributed by atoms with van der Waals surface area (Å²) in [6.45, 7) is 17.2. The molecule has 3 aliphatic heterocycles. The molecule has 3 atom stereocenters. The van der Waals surface area contributed by atoms with Crippen molar-refractivity contribution < 1.29 is 43.2 Å². The molecule has 6 aromatic rings. The number of nitrogens with one attached hydrogen (secondary N) is 3. The lowest BCUT2D eigenvalue weighted by Gasteiger charge is -2.37. The summed E-state index contributed by atoms with van der Waals surface area (Å²) in [6, 6.07) is 25.4. The molecule has 0 spiro atoms. The molecule has 2 saturated heterocycles. The second kappa shape index (κ2) is 25.8. The number of aromatic nitrogens is 2. The number of aliphatic hydroxyl groups excluding tert-OH is 1. The summed E-state index contributed by atoms with van der Waals surface area (Å²) in [5.41, 5.74) is 11.8. The van der Waals surface area contributed by atoms with Crippen LogP contribution in [0.1, 0.15) is 100.0 Å². The Morgan fingerprint density at radius 1 is 0.875 bits per heavy atom. The molecular formula is C62H73N7O10S. The molecule has 18 heteroatoms. The number of aliphatic hydroxyl groups is 1. The number of thiazole rings is 1. The molecule has 4 N–H and O–H groups in total. The van der Waals surface area contributed by atoms with Gasteiger partial charge in [0.2, 0.25) is 11.8 Å². The molecule has 4 aromatic carbocycles. The molecule has 0 saturated carbocycles. The van der Waals surface area contributed by atoms with Crippen molar-refractivity contribution in [1.82, 2.24) is 30.4 Å². The fraction of sp³-hybridized carbons (Fsp3) is 0.419. The summed E-state index contributed by atoms with van der Waals surface area (Å²) < 4.78 is 24.1. The van der Waals surface area contributed by atoms with E-state index in [9.17, 15) is 29.1 Å². The smallest absolute Gasteiger partial charge is 0.255 e. The summed E-state index contributed by atoms with van der Waals surface area (Å²) in [5, 5.41) is 16.9. The van der Waals surface area contributed by atoms with Crippen LogP contribution >= 0.6 is 11.3 Å². The van der Waals surface area contributed by atoms with E-state index in [1.807, 2.05) is 108 Å². The van der Waals surface area contributed by atoms with Crippen molar-refractivity contribution in [2.75, 3.05) is 57.6 Å². The van der Waals surface area contributed by atoms with E-state index in [1.54, 1.807) is 22.5 Å². The first-order valence-electron chi connectivity index (χ1n) is 27.7. The molecule has 0 aliphatic carbocycles. The molecule has 17 nitrogen and oxygen atoms in total. The van der Waals surface area contributed by atoms with E-state index < -0.39 is 24.1 Å². The Kier molecular flexibility index (Phi) is 18.5. The van der Waals surface area contributed by atoms with Crippen molar-refractivity contribution in [3.8, 4) is 33.1 Å². The largest absolute Gasteiger partial charge is 0.491 e. The molecule has 5 heterocycles. The van der Waals surface area contributed by atoms with E-state index in [2.05, 4.69) is 38.5 Å². The topological polar surface area (TPSA) is 205 Å². The number of aromatic amines is 1. The van der Waals surface area contributed by atoms with Crippen LogP contribution in [0.25, 0.3) is 21.6 Å². The van der Waals surface area contributed by atoms with Crippen LogP contribution in [0.3, 0.4) is 0 Å². The van der Waals surface area contributed by atoms with Crippen molar-refractivity contribution in [1.29, 1.82) is 0 Å². The first-order valence-corrected chi connectivity index (χ1v) is 28.6. The molecule has 2 fully saturated rings. The number of H-pyrrole nitrogens is 1. The quantitative estimate of drug-likeness (QED) is 0.0477. The standard InChI is InChI=1S/C62H73N7O10S/c1-8-67(47-19-21-76-22-20-47)53-29-46(28-51(40(53)6)58(71)64-33-52-38(4)27-39(5)66-59(52)72)42-15-17-49(18-16-42)78-25-23-77-24-26-79-55-30-43(57-41(7)65-36-80-57)13-14-44(55)32-63-60(73)54-31-48(70)35-68(54)62(75)56(37(2)3)69-34-45-11-9-10-12-50(45)61(69)74/h9-18,27-30,36-37,47-48,54,56,70H,8,19-26,31-35H2,1-7H3,(H,63,73)(H,64,71)(H,66,72)/t48-,54?,56+/m1/s1. The summed E-state index contributed by atoms with van der Waals surface area (Å²) in [4.78, 5) is 82.4. The minimum absolute atomic E-state index is 0.0138. The molecule has 1 unspecified atom stereocenters. The van der Waals surface area contributed by atoms with Crippen LogP contribution in [0, 0.1) is 33.6 Å². The highest BCUT2D eigenvalue weighted by Gasteiger charge is 2.46. The summed E-state index contributed by atoms with van der Waals surface area (Å²) >= 11 is 1.52. The van der Waals surface area contributed by atoms with Crippen molar-refractivity contribution >= 4 is 40.7 Å². The zero-order chi connectivity index (χ0) is 56.6. The van der Waals surface area contributed by atoms with E-state index >= 15 is 0 Å². The number of likely N-dealkylation sites (tertiary alicyclic amines) is 1. The minimum Gasteiger partial charge on any atom is -0.491 e. The Bertz CT molecular complexity index is 3260. The van der Waals surface area contributed by atoms with Crippen LogP contribution in [0.15, 0.2) is 95.2 Å². The average Bonchev–Trinajstić information content (AvgIpc) is 4.17. The Morgan fingerprint density at radius 3 is 2.31 bits per heavy atom. The maximum absolute atomic E-state index is 14.3. The number of hydrogen-bond donors (Lipinski definition) is 4. The van der Waals surface area contributed by atoms with Gasteiger partial charge in [-0.3, -0.25) is 24.0 Å². The highest BCUT2D eigenvalue weighted by Crippen LogP contribution is 2.36. The maximum Gasteiger partial charge on any atom is 0.255 e. The van der Waals surface area contributed by atoms with Crippen LogP contribution in [0.2, 0.25) is 0 Å². The van der Waals surface area contributed by atoms with E-state index in [4.69, 9.17) is 18.9 Å². The lowest BCUT2D eigenvalue weighted by Crippen LogP contribution is -2.55. The second-order valence-corrected chi connectivity index (χ2v) is 22.1. The van der Waals surface area contributed by atoms with E-state index in [1.165, 1.54) is 16.2 Å². The number of carbonyl (C=O) groups excluding carboxylic acids is 4. The SMILES string of the molecule is CCN(c1cc(-c2ccc(OCCOCCOc3cc(-c4scnc4C)ccc3CNC(=O)C3C[C@@H](O)CN3C(=O)[C@H](C(C)C)N3Cc4ccccc4C3=O)cc2)cc(C(=O)NCc2c(C)cc(C)[nH]c2=O)c1C)C1CCOCC1. The highest BCUT2D eigenvalue weighted by atomic mass is 32.1. The van der Waals surface area contributed by atoms with Gasteiger partial charge < -0.3 is 54.4 Å². The van der Waals surface area contributed by atoms with Gasteiger partial charge in [-0.2, -0.15) is 0 Å². The van der Waals surface area contributed by atoms with Crippen molar-refractivity contribution in [3.63, 3.8) is 0 Å². The zero-order valence-corrected chi connectivity index (χ0v) is 47.6. The number of carbonyl (C=O) groups is 4. The third kappa shape index (κ3) is 12.9. The van der Waals surface area contributed by atoms with Gasteiger partial charge in [0.1, 0.15) is 36.8 Å². The van der Waals surface area contributed by atoms with Crippen LogP contribution in [0.5, 0.6) is 11.5 Å². The fourth-order valence-electron chi connectivity index (χ4n) is 11.3. The van der Waals surface area contributed by atoms with E-state index in [-0.39, 0.29) is 81.1 Å². The predicted octanol–water partition coefficient (Wildman–Crippen LogP) is 8.07. The minimum atomic E-state index is -0.931. The molecule has 0 radical (unpaired) electrons. The molecule has 2 aromatic heterocycles. The van der Waals surface area contributed by atoms with Crippen LogP contribution in [0.4, 0.5) is 5.69 Å². The Morgan fingerprint density at radius 2 is 1.61 bits per heavy atom. The third-order valence-electron chi connectivity index (χ3n) is 15.5. The van der Waals surface area contributed by atoms with Crippen LogP contribution < -0.4 is 30.6 Å². The predicted molar refractivity (Wildman–Crippen MR) is 308 cm³/mol. The fourth-order valence-corrected chi connectivity index (χ4v) is 12.1. The first-order chi connectivity index (χ1) is 38.6. The molecule has 4 amide bonds. The van der Waals surface area contributed by atoms with Crippen LogP contribution in [-0.2, 0) is 38.7 Å². The van der Waals surface area contributed by atoms with Gasteiger partial charge in [-0.1, -0.05) is 56.3 Å². The third-order valence-corrected chi connectivity index (χ3v) is 16.4. The monoisotopic (exact) mass is 1110 g/mol. The molecular weight excluding hydrogens is 1030 g/mol. The molecule has 3 aliphatic rings. The maximum atomic E-state index is 14.3. The average molecular weight is 1110 g/mol. The number of hydrogen-bond acceptors (Lipinski definition) is 13. The lowest BCUT2D eigenvalue weighted by atomic mass is 9.95. The van der Waals surface area contributed by atoms with Gasteiger partial charge in [0.15, 0.2) is 0 Å². The number of anilines is 1. The number of β-amino-alcohol motifs (C(OH)–C–C–N with tert-alkyl or cyclic N) is 1. The van der Waals surface area contributed by atoms with Gasteiger partial charge in [-0.05, 0) is 129 Å². The van der Waals surface area contributed by atoms with E-state index in [0.717, 1.165) is 74.7 Å². The summed E-state index contributed by atoms with van der Waals surface area (Å²) in [6.07, 6.45) is 0.959. The molecule has 9 rings (SSSR count). The lowest BCUT2D eigenvalue weighted by molar-refractivity contribution is -0.143. The molecule has 0 bridgehead atoms. The van der Waals surface area contributed by atoms with Crippen molar-refractivity contribution in [3.05, 3.63) is 151 Å². The summed E-state index contributed by atoms with van der Waals surface area (Å²) in [5.74, 6) is -0.285. The number of amides is 4.